The first kappa shape index (κ1) is 16.3. The Bertz CT molecular complexity index is 644. The molecular weight excluding hydrogens is 356 g/mol. The maximum Gasteiger partial charge on any atom is 0.130 e. The van der Waals surface area contributed by atoms with Crippen LogP contribution in [0.5, 0.6) is 5.75 Å². The Kier molecular flexibility index (Phi) is 5.27. The number of nitrogens with zero attached hydrogens (tertiary/aromatic N) is 2. The van der Waals surface area contributed by atoms with Crippen molar-refractivity contribution in [3.8, 4) is 5.75 Å². The van der Waals surface area contributed by atoms with E-state index in [0.717, 1.165) is 27.0 Å². The van der Waals surface area contributed by atoms with Gasteiger partial charge in [0.25, 0.3) is 0 Å². The first-order valence-corrected chi connectivity index (χ1v) is 7.62. The molecule has 114 valence electrons. The molecule has 0 bridgehead atoms. The van der Waals surface area contributed by atoms with Crippen LogP contribution in [0.4, 0.5) is 0 Å². The van der Waals surface area contributed by atoms with Crippen molar-refractivity contribution >= 4 is 27.5 Å². The molecule has 0 aliphatic rings. The number of aryl methyl sites for hydroxylation is 2. The zero-order chi connectivity index (χ0) is 15.6. The maximum atomic E-state index is 6.29. The Morgan fingerprint density at radius 2 is 2.24 bits per heavy atom. The number of ether oxygens (including phenoxy) is 1. The number of benzene rings is 1. The zero-order valence-electron chi connectivity index (χ0n) is 12.2. The van der Waals surface area contributed by atoms with Gasteiger partial charge in [-0.05, 0) is 25.5 Å². The van der Waals surface area contributed by atoms with Gasteiger partial charge in [-0.25, -0.2) is 0 Å². The minimum absolute atomic E-state index is 0.117. The summed E-state index contributed by atoms with van der Waals surface area (Å²) in [6, 6.07) is 5.73. The molecule has 1 atom stereocenters. The zero-order valence-corrected chi connectivity index (χ0v) is 14.5. The van der Waals surface area contributed by atoms with E-state index in [1.807, 2.05) is 32.2 Å². The predicted molar refractivity (Wildman–Crippen MR) is 87.4 cm³/mol. The number of hydrogen-bond acceptors (Lipinski definition) is 4. The van der Waals surface area contributed by atoms with Gasteiger partial charge in [0.15, 0.2) is 0 Å². The number of aromatic nitrogens is 2. The summed E-state index contributed by atoms with van der Waals surface area (Å²) < 4.78 is 8.05. The van der Waals surface area contributed by atoms with Crippen molar-refractivity contribution in [2.75, 3.05) is 7.11 Å². The van der Waals surface area contributed by atoms with Crippen LogP contribution in [-0.4, -0.2) is 16.9 Å². The lowest BCUT2D eigenvalue weighted by atomic mass is 9.99. The van der Waals surface area contributed by atoms with Crippen LogP contribution in [0, 0.1) is 6.92 Å². The first-order valence-electron chi connectivity index (χ1n) is 6.45. The molecule has 7 heteroatoms. The van der Waals surface area contributed by atoms with Crippen molar-refractivity contribution in [1.29, 1.82) is 0 Å². The number of nitrogens with one attached hydrogen (secondary N) is 1. The highest BCUT2D eigenvalue weighted by Crippen LogP contribution is 2.32. The second-order valence-corrected chi connectivity index (χ2v) is 6.06. The molecule has 0 spiro atoms. The highest BCUT2D eigenvalue weighted by Gasteiger charge is 2.20. The van der Waals surface area contributed by atoms with Crippen LogP contribution in [-0.2, 0) is 13.5 Å². The lowest BCUT2D eigenvalue weighted by molar-refractivity contribution is 0.398. The van der Waals surface area contributed by atoms with Crippen LogP contribution in [0.1, 0.15) is 22.9 Å². The molecule has 0 radical (unpaired) electrons. The van der Waals surface area contributed by atoms with Crippen LogP contribution in [0.2, 0.25) is 5.15 Å². The number of hydrogen-bond donors (Lipinski definition) is 2. The quantitative estimate of drug-likeness (QED) is 0.625. The second kappa shape index (κ2) is 6.79. The van der Waals surface area contributed by atoms with Crippen LogP contribution < -0.4 is 16.0 Å². The normalized spacial score (nSPS) is 12.5. The lowest BCUT2D eigenvalue weighted by Gasteiger charge is -2.19. The van der Waals surface area contributed by atoms with Gasteiger partial charge in [-0.3, -0.25) is 16.0 Å². The third-order valence-electron chi connectivity index (χ3n) is 3.45. The van der Waals surface area contributed by atoms with Crippen molar-refractivity contribution in [1.82, 2.24) is 15.2 Å². The van der Waals surface area contributed by atoms with Gasteiger partial charge in [0.05, 0.1) is 18.8 Å². The molecule has 1 aromatic heterocycles. The van der Waals surface area contributed by atoms with E-state index in [9.17, 15) is 0 Å². The summed E-state index contributed by atoms with van der Waals surface area (Å²) in [5.41, 5.74) is 5.69. The van der Waals surface area contributed by atoms with E-state index in [1.54, 1.807) is 11.8 Å². The van der Waals surface area contributed by atoms with E-state index in [-0.39, 0.29) is 6.04 Å². The number of hydrazine groups is 1. The maximum absolute atomic E-state index is 6.29. The molecule has 1 heterocycles. The Hall–Kier alpha value is -1.08. The van der Waals surface area contributed by atoms with Crippen molar-refractivity contribution < 1.29 is 4.74 Å². The van der Waals surface area contributed by atoms with Crippen molar-refractivity contribution in [3.05, 3.63) is 44.6 Å². The Balaban J connectivity index is 2.36. The fraction of sp³-hybridized carbons (Fsp3) is 0.357. The average molecular weight is 374 g/mol. The summed E-state index contributed by atoms with van der Waals surface area (Å²) in [5, 5.41) is 4.95. The molecular formula is C14H18BrClN4O. The molecule has 21 heavy (non-hydrogen) atoms. The van der Waals surface area contributed by atoms with E-state index in [4.69, 9.17) is 22.2 Å². The number of halogens is 2. The fourth-order valence-corrected chi connectivity index (χ4v) is 2.93. The highest BCUT2D eigenvalue weighted by molar-refractivity contribution is 9.10. The first-order chi connectivity index (χ1) is 9.97. The van der Waals surface area contributed by atoms with Gasteiger partial charge in [0.2, 0.25) is 0 Å². The fourth-order valence-electron chi connectivity index (χ4n) is 2.34. The summed E-state index contributed by atoms with van der Waals surface area (Å²) in [7, 11) is 3.46. The molecule has 1 aromatic carbocycles. The third kappa shape index (κ3) is 3.40. The Labute approximate surface area is 137 Å². The minimum atomic E-state index is -0.117. The van der Waals surface area contributed by atoms with Gasteiger partial charge in [-0.1, -0.05) is 33.6 Å². The van der Waals surface area contributed by atoms with Gasteiger partial charge < -0.3 is 4.74 Å². The summed E-state index contributed by atoms with van der Waals surface area (Å²) in [6.07, 6.45) is 0.632. The summed E-state index contributed by atoms with van der Waals surface area (Å²) in [5.74, 6) is 6.50. The third-order valence-corrected chi connectivity index (χ3v) is 4.42. The Morgan fingerprint density at radius 3 is 2.76 bits per heavy atom. The molecule has 0 aliphatic carbocycles. The summed E-state index contributed by atoms with van der Waals surface area (Å²) >= 11 is 9.73. The van der Waals surface area contributed by atoms with Crippen LogP contribution in [0.25, 0.3) is 0 Å². The van der Waals surface area contributed by atoms with Crippen LogP contribution in [0.3, 0.4) is 0 Å². The smallest absolute Gasteiger partial charge is 0.130 e. The van der Waals surface area contributed by atoms with Crippen LogP contribution >= 0.6 is 27.5 Å². The van der Waals surface area contributed by atoms with Crippen LogP contribution in [0.15, 0.2) is 22.7 Å². The van der Waals surface area contributed by atoms with Gasteiger partial charge >= 0.3 is 0 Å². The predicted octanol–water partition coefficient (Wildman–Crippen LogP) is 2.90. The number of rotatable bonds is 5. The number of nitrogens with two attached hydrogens (primary N) is 1. The highest BCUT2D eigenvalue weighted by atomic mass is 79.9. The van der Waals surface area contributed by atoms with Gasteiger partial charge in [0, 0.05) is 22.6 Å². The molecule has 3 N–H and O–H groups in total. The largest absolute Gasteiger partial charge is 0.496 e. The molecule has 0 aliphatic heterocycles. The molecule has 5 nitrogen and oxygen atoms in total. The minimum Gasteiger partial charge on any atom is -0.496 e. The van der Waals surface area contributed by atoms with E-state index in [0.29, 0.717) is 11.6 Å². The molecule has 0 saturated heterocycles. The molecule has 1 unspecified atom stereocenters. The molecule has 2 aromatic rings. The van der Waals surface area contributed by atoms with E-state index < -0.39 is 0 Å². The average Bonchev–Trinajstić information content (AvgIpc) is 2.70. The van der Waals surface area contributed by atoms with Gasteiger partial charge in [0.1, 0.15) is 10.9 Å². The van der Waals surface area contributed by atoms with Crippen molar-refractivity contribution in [2.24, 2.45) is 12.9 Å². The molecule has 2 rings (SSSR count). The van der Waals surface area contributed by atoms with Gasteiger partial charge in [-0.15, -0.1) is 0 Å². The monoisotopic (exact) mass is 372 g/mol. The lowest BCUT2D eigenvalue weighted by Crippen LogP contribution is -2.30. The SMILES string of the molecule is COc1cc(Br)ccc1C(Cc1c(C)nn(C)c1Cl)NN. The summed E-state index contributed by atoms with van der Waals surface area (Å²) in [4.78, 5) is 0. The summed E-state index contributed by atoms with van der Waals surface area (Å²) in [6.45, 7) is 1.94. The van der Waals surface area contributed by atoms with E-state index in [2.05, 4.69) is 26.5 Å². The molecule has 0 saturated carbocycles. The Morgan fingerprint density at radius 1 is 1.52 bits per heavy atom. The second-order valence-electron chi connectivity index (χ2n) is 4.79. The standard InChI is InChI=1S/C14H18BrClN4O/c1-8-11(14(16)20(2)19-8)7-12(18-17)10-5-4-9(15)6-13(10)21-3/h4-6,12,18H,7,17H2,1-3H3. The van der Waals surface area contributed by atoms with E-state index >= 15 is 0 Å². The van der Waals surface area contributed by atoms with Crippen molar-refractivity contribution in [3.63, 3.8) is 0 Å². The number of methoxy groups -OCH3 is 1. The molecule has 0 amide bonds. The van der Waals surface area contributed by atoms with Crippen molar-refractivity contribution in [2.45, 2.75) is 19.4 Å². The topological polar surface area (TPSA) is 65.1 Å². The molecule has 0 fully saturated rings. The van der Waals surface area contributed by atoms with E-state index in [1.165, 1.54) is 0 Å². The van der Waals surface area contributed by atoms with Gasteiger partial charge in [-0.2, -0.15) is 5.10 Å².